The number of halogens is 3. The molecule has 0 aliphatic rings. The number of hydrogen-bond donors (Lipinski definition) is 3. The number of aromatic hydroxyl groups is 1. The van der Waals surface area contributed by atoms with Crippen LogP contribution in [0.1, 0.15) is 12.8 Å². The van der Waals surface area contributed by atoms with Gasteiger partial charge in [0.05, 0.1) is 4.90 Å². The Morgan fingerprint density at radius 1 is 1.21 bits per heavy atom. The highest BCUT2D eigenvalue weighted by Crippen LogP contribution is 2.22. The molecule has 1 atom stereocenters. The van der Waals surface area contributed by atoms with Crippen LogP contribution in [-0.4, -0.2) is 31.0 Å². The van der Waals surface area contributed by atoms with Crippen LogP contribution in [-0.2, 0) is 10.0 Å². The first kappa shape index (κ1) is 15.7. The van der Waals surface area contributed by atoms with Crippen LogP contribution in [0.3, 0.4) is 0 Å². The van der Waals surface area contributed by atoms with Crippen LogP contribution >= 0.6 is 0 Å². The van der Waals surface area contributed by atoms with Gasteiger partial charge in [-0.15, -0.1) is 0 Å². The fourth-order valence-electron chi connectivity index (χ4n) is 1.23. The number of benzene rings is 1. The van der Waals surface area contributed by atoms with Crippen LogP contribution in [0.15, 0.2) is 29.2 Å². The lowest BCUT2D eigenvalue weighted by atomic mass is 10.3. The molecular weight excluding hydrogens is 287 g/mol. The molecule has 0 fully saturated rings. The molecule has 1 unspecified atom stereocenters. The first-order chi connectivity index (χ1) is 8.60. The second-order valence-corrected chi connectivity index (χ2v) is 5.50. The van der Waals surface area contributed by atoms with E-state index in [1.54, 1.807) is 4.72 Å². The van der Waals surface area contributed by atoms with Gasteiger partial charge in [0.25, 0.3) is 0 Å². The number of phenolic OH excluding ortho intramolecular Hbond substituents is 1. The van der Waals surface area contributed by atoms with Crippen LogP contribution in [0.2, 0.25) is 0 Å². The Hall–Kier alpha value is -1.32. The third-order valence-electron chi connectivity index (χ3n) is 2.14. The second-order valence-electron chi connectivity index (χ2n) is 3.78. The van der Waals surface area contributed by atoms with Crippen molar-refractivity contribution in [2.75, 3.05) is 0 Å². The van der Waals surface area contributed by atoms with Crippen molar-refractivity contribution in [3.63, 3.8) is 0 Å². The highest BCUT2D eigenvalue weighted by molar-refractivity contribution is 7.89. The van der Waals surface area contributed by atoms with Gasteiger partial charge in [-0.2, -0.15) is 17.9 Å². The van der Waals surface area contributed by atoms with Crippen molar-refractivity contribution in [3.8, 4) is 5.75 Å². The molecule has 0 heterocycles. The summed E-state index contributed by atoms with van der Waals surface area (Å²) in [5.41, 5.74) is 0. The maximum Gasteiger partial charge on any atom is 0.389 e. The standard InChI is InChI=1S/C10H12F3NO4S/c11-10(12,13)6-5-9(16)14-19(17,18)8-3-1-7(15)2-4-8/h1-4,9,14-16H,5-6H2. The summed E-state index contributed by atoms with van der Waals surface area (Å²) in [5, 5.41) is 18.2. The Labute approximate surface area is 107 Å². The lowest BCUT2D eigenvalue weighted by Gasteiger charge is -2.14. The third-order valence-corrected chi connectivity index (χ3v) is 3.61. The normalized spacial score (nSPS) is 14.3. The average molecular weight is 299 g/mol. The Kier molecular flexibility index (Phi) is 4.77. The maximum absolute atomic E-state index is 11.9. The van der Waals surface area contributed by atoms with Crippen molar-refractivity contribution < 1.29 is 31.8 Å². The van der Waals surface area contributed by atoms with E-state index in [1.807, 2.05) is 0 Å². The number of aliphatic hydroxyl groups is 1. The summed E-state index contributed by atoms with van der Waals surface area (Å²) in [6, 6.07) is 4.34. The lowest BCUT2D eigenvalue weighted by Crippen LogP contribution is -2.35. The monoisotopic (exact) mass is 299 g/mol. The van der Waals surface area contributed by atoms with Gasteiger partial charge in [0.2, 0.25) is 10.0 Å². The second kappa shape index (κ2) is 5.76. The molecule has 1 aromatic carbocycles. The van der Waals surface area contributed by atoms with Gasteiger partial charge >= 0.3 is 6.18 Å². The molecule has 0 spiro atoms. The topological polar surface area (TPSA) is 86.6 Å². The number of hydrogen-bond acceptors (Lipinski definition) is 4. The molecule has 9 heteroatoms. The molecule has 3 N–H and O–H groups in total. The first-order valence-electron chi connectivity index (χ1n) is 5.16. The van der Waals surface area contributed by atoms with E-state index >= 15 is 0 Å². The Balaban J connectivity index is 2.67. The minimum absolute atomic E-state index is 0.156. The molecule has 0 amide bonds. The van der Waals surface area contributed by atoms with Crippen molar-refractivity contribution in [2.45, 2.75) is 30.1 Å². The summed E-state index contributed by atoms with van der Waals surface area (Å²) in [7, 11) is -4.12. The molecule has 0 aromatic heterocycles. The van der Waals surface area contributed by atoms with Gasteiger partial charge in [0.1, 0.15) is 12.0 Å². The van der Waals surface area contributed by atoms with Crippen LogP contribution in [0.4, 0.5) is 13.2 Å². The number of aliphatic hydroxyl groups excluding tert-OH is 1. The van der Waals surface area contributed by atoms with Crippen molar-refractivity contribution >= 4 is 10.0 Å². The summed E-state index contributed by atoms with van der Waals surface area (Å²) in [6.45, 7) is 0. The predicted molar refractivity (Wildman–Crippen MR) is 59.7 cm³/mol. The quantitative estimate of drug-likeness (QED) is 0.716. The molecule has 0 radical (unpaired) electrons. The number of sulfonamides is 1. The van der Waals surface area contributed by atoms with Gasteiger partial charge < -0.3 is 10.2 Å². The van der Waals surface area contributed by atoms with Crippen LogP contribution in [0.5, 0.6) is 5.75 Å². The van der Waals surface area contributed by atoms with Crippen molar-refractivity contribution in [2.24, 2.45) is 0 Å². The highest BCUT2D eigenvalue weighted by atomic mass is 32.2. The lowest BCUT2D eigenvalue weighted by molar-refractivity contribution is -0.140. The summed E-state index contributed by atoms with van der Waals surface area (Å²) in [5.74, 6) is -0.156. The minimum Gasteiger partial charge on any atom is -0.508 e. The smallest absolute Gasteiger partial charge is 0.389 e. The molecule has 1 aromatic rings. The zero-order valence-electron chi connectivity index (χ0n) is 9.55. The van der Waals surface area contributed by atoms with Gasteiger partial charge in [-0.25, -0.2) is 8.42 Å². The van der Waals surface area contributed by atoms with E-state index in [0.717, 1.165) is 24.3 Å². The minimum atomic E-state index is -4.47. The number of nitrogens with one attached hydrogen (secondary N) is 1. The Morgan fingerprint density at radius 2 is 1.74 bits per heavy atom. The summed E-state index contributed by atoms with van der Waals surface area (Å²) in [6.07, 6.45) is -8.38. The van der Waals surface area contributed by atoms with E-state index in [0.29, 0.717) is 0 Å². The van der Waals surface area contributed by atoms with Crippen LogP contribution in [0, 0.1) is 0 Å². The van der Waals surface area contributed by atoms with E-state index < -0.39 is 35.3 Å². The van der Waals surface area contributed by atoms with Gasteiger partial charge in [0.15, 0.2) is 0 Å². The van der Waals surface area contributed by atoms with Gasteiger partial charge in [-0.3, -0.25) is 0 Å². The summed E-state index contributed by atoms with van der Waals surface area (Å²) in [4.78, 5) is -0.267. The van der Waals surface area contributed by atoms with Crippen LogP contribution < -0.4 is 4.72 Å². The molecule has 0 saturated heterocycles. The largest absolute Gasteiger partial charge is 0.508 e. The molecule has 0 aliphatic carbocycles. The molecular formula is C10H12F3NO4S. The summed E-state index contributed by atoms with van der Waals surface area (Å²) < 4.78 is 60.7. The predicted octanol–water partition coefficient (Wildman–Crippen LogP) is 1.33. The van der Waals surface area contributed by atoms with Gasteiger partial charge in [-0.1, -0.05) is 0 Å². The number of alkyl halides is 3. The number of phenols is 1. The SMILES string of the molecule is O=S(=O)(NC(O)CCC(F)(F)F)c1ccc(O)cc1. The average Bonchev–Trinajstić information content (AvgIpc) is 2.25. The molecule has 0 saturated carbocycles. The Morgan fingerprint density at radius 3 is 2.21 bits per heavy atom. The van der Waals surface area contributed by atoms with Gasteiger partial charge in [0, 0.05) is 6.42 Å². The van der Waals surface area contributed by atoms with Crippen molar-refractivity contribution in [1.82, 2.24) is 4.72 Å². The maximum atomic E-state index is 11.9. The fraction of sp³-hybridized carbons (Fsp3) is 0.400. The Bertz CT molecular complexity index is 513. The van der Waals surface area contributed by atoms with Crippen molar-refractivity contribution in [1.29, 1.82) is 0 Å². The first-order valence-corrected chi connectivity index (χ1v) is 6.65. The van der Waals surface area contributed by atoms with Crippen LogP contribution in [0.25, 0.3) is 0 Å². The van der Waals surface area contributed by atoms with Crippen molar-refractivity contribution in [3.05, 3.63) is 24.3 Å². The number of rotatable bonds is 5. The molecule has 19 heavy (non-hydrogen) atoms. The van der Waals surface area contributed by atoms with Gasteiger partial charge in [-0.05, 0) is 30.7 Å². The van der Waals surface area contributed by atoms with E-state index in [1.165, 1.54) is 0 Å². The third kappa shape index (κ3) is 5.45. The molecule has 108 valence electrons. The van der Waals surface area contributed by atoms with E-state index in [-0.39, 0.29) is 10.6 Å². The van der Waals surface area contributed by atoms with E-state index in [2.05, 4.69) is 0 Å². The highest BCUT2D eigenvalue weighted by Gasteiger charge is 2.29. The zero-order chi connectivity index (χ0) is 14.7. The molecule has 0 bridgehead atoms. The van der Waals surface area contributed by atoms with E-state index in [4.69, 9.17) is 5.11 Å². The molecule has 5 nitrogen and oxygen atoms in total. The summed E-state index contributed by atoms with van der Waals surface area (Å²) >= 11 is 0. The fourth-order valence-corrected chi connectivity index (χ4v) is 2.34. The molecule has 0 aliphatic heterocycles. The molecule has 1 rings (SSSR count). The zero-order valence-corrected chi connectivity index (χ0v) is 10.4. The van der Waals surface area contributed by atoms with E-state index in [9.17, 15) is 26.7 Å².